The van der Waals surface area contributed by atoms with Crippen molar-refractivity contribution in [1.29, 1.82) is 0 Å². The Morgan fingerprint density at radius 2 is 2.27 bits per heavy atom. The fourth-order valence-corrected chi connectivity index (χ4v) is 5.61. The average molecular weight is 405 g/mol. The van der Waals surface area contributed by atoms with E-state index in [2.05, 4.69) is 51.2 Å². The third-order valence-corrected chi connectivity index (χ3v) is 7.27. The van der Waals surface area contributed by atoms with Crippen molar-refractivity contribution in [3.63, 3.8) is 0 Å². The van der Waals surface area contributed by atoms with Gasteiger partial charge in [0.2, 0.25) is 0 Å². The van der Waals surface area contributed by atoms with Crippen LogP contribution >= 0.6 is 0 Å². The van der Waals surface area contributed by atoms with E-state index in [1.54, 1.807) is 0 Å². The minimum absolute atomic E-state index is 0.214. The molecule has 2 aromatic rings. The highest BCUT2D eigenvalue weighted by molar-refractivity contribution is 5.55. The predicted molar refractivity (Wildman–Crippen MR) is 120 cm³/mol. The van der Waals surface area contributed by atoms with Crippen LogP contribution in [-0.2, 0) is 26.6 Å². The van der Waals surface area contributed by atoms with Gasteiger partial charge in [-0.1, -0.05) is 12.2 Å². The summed E-state index contributed by atoms with van der Waals surface area (Å²) in [7, 11) is 2.08. The number of fused-ring (bicyclic) bond motifs is 1. The highest BCUT2D eigenvalue weighted by Gasteiger charge is 2.56. The normalized spacial score (nSPS) is 25.0. The fraction of sp³-hybridized carbons (Fsp3) is 0.520. The van der Waals surface area contributed by atoms with Crippen LogP contribution in [0.4, 0.5) is 0 Å². The number of aromatic nitrogens is 2. The van der Waals surface area contributed by atoms with E-state index in [4.69, 9.17) is 0 Å². The molecule has 1 aliphatic heterocycles. The lowest BCUT2D eigenvalue weighted by Gasteiger charge is -2.30. The summed E-state index contributed by atoms with van der Waals surface area (Å²) >= 11 is 0. The Balaban J connectivity index is 1.46. The van der Waals surface area contributed by atoms with Crippen LogP contribution in [0.1, 0.15) is 53.8 Å². The first kappa shape index (κ1) is 19.7. The maximum absolute atomic E-state index is 13.3. The molecule has 2 unspecified atom stereocenters. The first-order valence-electron chi connectivity index (χ1n) is 11.3. The van der Waals surface area contributed by atoms with Crippen LogP contribution in [0.15, 0.2) is 35.4 Å². The Morgan fingerprint density at radius 3 is 3.07 bits per heavy atom. The van der Waals surface area contributed by atoms with Crippen molar-refractivity contribution in [2.24, 2.45) is 12.5 Å². The lowest BCUT2D eigenvalue weighted by molar-refractivity contribution is 0.189. The lowest BCUT2D eigenvalue weighted by Crippen LogP contribution is -2.39. The van der Waals surface area contributed by atoms with Gasteiger partial charge in [-0.15, -0.1) is 0 Å². The Kier molecular flexibility index (Phi) is 5.11. The number of nitrogens with zero attached hydrogens (tertiary/aromatic N) is 3. The van der Waals surface area contributed by atoms with E-state index < -0.39 is 0 Å². The summed E-state index contributed by atoms with van der Waals surface area (Å²) < 4.78 is 2.18. The van der Waals surface area contributed by atoms with Crippen molar-refractivity contribution >= 4 is 6.08 Å². The molecule has 3 aliphatic rings. The topological polar surface area (TPSA) is 50.2 Å². The number of pyridine rings is 2. The summed E-state index contributed by atoms with van der Waals surface area (Å²) in [4.78, 5) is 20.2. The largest absolute Gasteiger partial charge is 0.353 e. The zero-order valence-corrected chi connectivity index (χ0v) is 18.2. The quantitative estimate of drug-likeness (QED) is 0.832. The Bertz CT molecular complexity index is 1030. The van der Waals surface area contributed by atoms with Gasteiger partial charge in [0.05, 0.1) is 0 Å². The monoisotopic (exact) mass is 404 g/mol. The molecule has 0 bridgehead atoms. The van der Waals surface area contributed by atoms with E-state index in [-0.39, 0.29) is 5.43 Å². The van der Waals surface area contributed by atoms with Crippen LogP contribution in [0, 0.1) is 12.3 Å². The fourth-order valence-electron chi connectivity index (χ4n) is 5.61. The molecule has 1 N–H and O–H groups in total. The van der Waals surface area contributed by atoms with Gasteiger partial charge in [-0.3, -0.25) is 14.7 Å². The Hall–Kier alpha value is -2.24. The molecule has 3 heterocycles. The van der Waals surface area contributed by atoms with Crippen LogP contribution in [0.5, 0.6) is 0 Å². The minimum atomic E-state index is 0.214. The number of aryl methyl sites for hydroxylation is 2. The Morgan fingerprint density at radius 1 is 1.37 bits per heavy atom. The Labute approximate surface area is 178 Å². The van der Waals surface area contributed by atoms with E-state index in [9.17, 15) is 4.79 Å². The number of hydrogen-bond acceptors (Lipinski definition) is 4. The molecule has 1 saturated heterocycles. The molecule has 1 spiro atoms. The van der Waals surface area contributed by atoms with E-state index in [1.165, 1.54) is 30.5 Å². The zero-order chi connectivity index (χ0) is 20.7. The van der Waals surface area contributed by atoms with Crippen molar-refractivity contribution in [3.8, 4) is 0 Å². The van der Waals surface area contributed by atoms with Crippen molar-refractivity contribution < 1.29 is 0 Å². The smallest absolute Gasteiger partial charge is 0.193 e. The number of piperidine rings is 1. The van der Waals surface area contributed by atoms with Crippen molar-refractivity contribution in [1.82, 2.24) is 19.8 Å². The molecule has 158 valence electrons. The van der Waals surface area contributed by atoms with Crippen molar-refractivity contribution in [2.45, 2.75) is 58.2 Å². The van der Waals surface area contributed by atoms with E-state index in [1.807, 2.05) is 19.2 Å². The van der Waals surface area contributed by atoms with E-state index >= 15 is 0 Å². The molecule has 1 saturated carbocycles. The summed E-state index contributed by atoms with van der Waals surface area (Å²) in [6.45, 7) is 5.86. The summed E-state index contributed by atoms with van der Waals surface area (Å²) in [5.41, 5.74) is 5.91. The third kappa shape index (κ3) is 3.65. The molecule has 2 aromatic heterocycles. The van der Waals surface area contributed by atoms with E-state index in [0.717, 1.165) is 49.3 Å². The summed E-state index contributed by atoms with van der Waals surface area (Å²) in [6, 6.07) is 4.83. The number of allylic oxidation sites excluding steroid dienone is 1. The molecule has 2 atom stereocenters. The number of nitrogens with one attached hydrogen (secondary N) is 1. The minimum Gasteiger partial charge on any atom is -0.353 e. The molecule has 2 aliphatic carbocycles. The van der Waals surface area contributed by atoms with Crippen LogP contribution in [0.3, 0.4) is 0 Å². The van der Waals surface area contributed by atoms with Gasteiger partial charge in [0.25, 0.3) is 0 Å². The number of hydrogen-bond donors (Lipinski definition) is 1. The molecular formula is C25H32N4O. The van der Waals surface area contributed by atoms with Gasteiger partial charge in [-0.2, -0.15) is 0 Å². The molecular weight excluding hydrogens is 372 g/mol. The molecule has 0 amide bonds. The van der Waals surface area contributed by atoms with Crippen molar-refractivity contribution in [3.05, 3.63) is 68.9 Å². The first-order valence-corrected chi connectivity index (χ1v) is 11.3. The van der Waals surface area contributed by atoms with Gasteiger partial charge in [0, 0.05) is 67.6 Å². The number of rotatable bonds is 5. The van der Waals surface area contributed by atoms with Gasteiger partial charge in [0.1, 0.15) is 0 Å². The third-order valence-electron chi connectivity index (χ3n) is 7.27. The maximum atomic E-state index is 13.3. The zero-order valence-electron chi connectivity index (χ0n) is 18.2. The maximum Gasteiger partial charge on any atom is 0.193 e. The second-order valence-electron chi connectivity index (χ2n) is 9.47. The second-order valence-corrected chi connectivity index (χ2v) is 9.47. The van der Waals surface area contributed by atoms with Crippen LogP contribution < -0.4 is 10.7 Å². The predicted octanol–water partition coefficient (Wildman–Crippen LogP) is 3.19. The summed E-state index contributed by atoms with van der Waals surface area (Å²) in [5, 5.41) is 3.61. The first-order chi connectivity index (χ1) is 14.6. The molecule has 5 heteroatoms. The summed E-state index contributed by atoms with van der Waals surface area (Å²) in [5.74, 6) is 0. The SMILES string of the molecule is Cc1cc(CN(Cc2cn(C)c3c(c2=O)C=CCC3)C2CC23CCCNC3)ccn1. The van der Waals surface area contributed by atoms with Crippen molar-refractivity contribution in [2.75, 3.05) is 13.1 Å². The van der Waals surface area contributed by atoms with E-state index in [0.29, 0.717) is 18.0 Å². The van der Waals surface area contributed by atoms with Gasteiger partial charge in [-0.05, 0) is 68.7 Å². The highest BCUT2D eigenvalue weighted by atomic mass is 16.1. The van der Waals surface area contributed by atoms with Gasteiger partial charge in [-0.25, -0.2) is 0 Å². The second kappa shape index (κ2) is 7.78. The average Bonchev–Trinajstić information content (AvgIpc) is 3.44. The molecule has 5 nitrogen and oxygen atoms in total. The molecule has 5 rings (SSSR count). The summed E-state index contributed by atoms with van der Waals surface area (Å²) in [6.07, 6.45) is 13.9. The molecule has 0 aromatic carbocycles. The standard InChI is InChI=1S/C25H32N4O/c1-18-12-19(8-11-27-18)14-29(23-13-25(23)9-5-10-26-17-25)16-20-15-28(2)22-7-4-3-6-21(22)24(20)30/h3,6,8,11-12,15,23,26H,4-5,7,9-10,13-14,16-17H2,1-2H3. The van der Waals surface area contributed by atoms with Gasteiger partial charge in [0.15, 0.2) is 5.43 Å². The molecule has 0 radical (unpaired) electrons. The van der Waals surface area contributed by atoms with Gasteiger partial charge < -0.3 is 9.88 Å². The van der Waals surface area contributed by atoms with Crippen LogP contribution in [0.2, 0.25) is 0 Å². The lowest BCUT2D eigenvalue weighted by atomic mass is 9.95. The van der Waals surface area contributed by atoms with Gasteiger partial charge >= 0.3 is 0 Å². The van der Waals surface area contributed by atoms with Crippen LogP contribution in [-0.4, -0.2) is 33.6 Å². The highest BCUT2D eigenvalue weighted by Crippen LogP contribution is 2.54. The van der Waals surface area contributed by atoms with Crippen LogP contribution in [0.25, 0.3) is 6.08 Å². The molecule has 2 fully saturated rings. The molecule has 30 heavy (non-hydrogen) atoms.